The van der Waals surface area contributed by atoms with Crippen LogP contribution in [0.3, 0.4) is 0 Å². The minimum absolute atomic E-state index is 0.180. The van der Waals surface area contributed by atoms with Crippen molar-refractivity contribution in [3.63, 3.8) is 0 Å². The molecule has 0 N–H and O–H groups in total. The van der Waals surface area contributed by atoms with Crippen molar-refractivity contribution in [1.82, 2.24) is 0 Å². The predicted molar refractivity (Wildman–Crippen MR) is 66.6 cm³/mol. The lowest BCUT2D eigenvalue weighted by Crippen LogP contribution is -1.96. The number of rotatable bonds is 4. The van der Waals surface area contributed by atoms with Crippen molar-refractivity contribution < 1.29 is 4.92 Å². The molecule has 0 saturated carbocycles. The average Bonchev–Trinajstić information content (AvgIpc) is 2.38. The van der Waals surface area contributed by atoms with Gasteiger partial charge < -0.3 is 0 Å². The van der Waals surface area contributed by atoms with Gasteiger partial charge in [-0.2, -0.15) is 0 Å². The molecule has 0 fully saturated rings. The molecule has 0 atom stereocenters. The Morgan fingerprint density at radius 3 is 2.35 bits per heavy atom. The van der Waals surface area contributed by atoms with E-state index in [4.69, 9.17) is 0 Å². The zero-order valence-corrected chi connectivity index (χ0v) is 9.24. The van der Waals surface area contributed by atoms with Crippen LogP contribution in [-0.4, -0.2) is 4.92 Å². The topological polar surface area (TPSA) is 43.1 Å². The predicted octanol–water partition coefficient (Wildman–Crippen LogP) is 3.39. The number of hydrogen-bond acceptors (Lipinski definition) is 2. The summed E-state index contributed by atoms with van der Waals surface area (Å²) in [5, 5.41) is 10.8. The third-order valence-corrected chi connectivity index (χ3v) is 2.55. The fraction of sp³-hybridized carbons (Fsp3) is 0.0714. The highest BCUT2D eigenvalue weighted by Crippen LogP contribution is 2.20. The molecule has 2 rings (SSSR count). The minimum atomic E-state index is -0.339. The lowest BCUT2D eigenvalue weighted by Gasteiger charge is -2.02. The van der Waals surface area contributed by atoms with E-state index in [9.17, 15) is 10.1 Å². The Balaban J connectivity index is 2.12. The molecular formula is C14H12NO2. The van der Waals surface area contributed by atoms with Crippen LogP contribution in [0.1, 0.15) is 11.1 Å². The second-order valence-electron chi connectivity index (χ2n) is 3.70. The first-order valence-electron chi connectivity index (χ1n) is 5.38. The second-order valence-corrected chi connectivity index (χ2v) is 3.70. The SMILES string of the molecule is O=[N+]([O-])c1ccccc1C[CH]c1ccccc1. The van der Waals surface area contributed by atoms with E-state index in [0.717, 1.165) is 11.1 Å². The number of nitro groups is 1. The highest BCUT2D eigenvalue weighted by Gasteiger charge is 2.11. The van der Waals surface area contributed by atoms with Gasteiger partial charge in [-0.05, 0) is 18.4 Å². The molecule has 2 aromatic carbocycles. The molecule has 0 aliphatic heterocycles. The van der Waals surface area contributed by atoms with Gasteiger partial charge in [0.1, 0.15) is 0 Å². The number of nitro benzene ring substituents is 1. The molecule has 17 heavy (non-hydrogen) atoms. The number of para-hydroxylation sites is 1. The van der Waals surface area contributed by atoms with E-state index in [-0.39, 0.29) is 10.6 Å². The summed E-state index contributed by atoms with van der Waals surface area (Å²) in [6.07, 6.45) is 2.56. The molecule has 2 aromatic rings. The van der Waals surface area contributed by atoms with Crippen molar-refractivity contribution in [2.45, 2.75) is 6.42 Å². The van der Waals surface area contributed by atoms with Crippen LogP contribution in [-0.2, 0) is 6.42 Å². The van der Waals surface area contributed by atoms with Crippen molar-refractivity contribution in [1.29, 1.82) is 0 Å². The Morgan fingerprint density at radius 2 is 1.65 bits per heavy atom. The van der Waals surface area contributed by atoms with Crippen molar-refractivity contribution in [2.75, 3.05) is 0 Å². The fourth-order valence-corrected chi connectivity index (χ4v) is 1.68. The van der Waals surface area contributed by atoms with Gasteiger partial charge in [0.2, 0.25) is 0 Å². The van der Waals surface area contributed by atoms with Gasteiger partial charge in [0, 0.05) is 11.6 Å². The first kappa shape index (κ1) is 11.3. The highest BCUT2D eigenvalue weighted by molar-refractivity contribution is 5.42. The van der Waals surface area contributed by atoms with Crippen LogP contribution in [0.15, 0.2) is 54.6 Å². The Kier molecular flexibility index (Phi) is 3.50. The zero-order valence-electron chi connectivity index (χ0n) is 9.24. The summed E-state index contributed by atoms with van der Waals surface area (Å²) in [5.74, 6) is 0. The Hall–Kier alpha value is -2.16. The van der Waals surface area contributed by atoms with Gasteiger partial charge in [-0.15, -0.1) is 0 Å². The van der Waals surface area contributed by atoms with Crippen LogP contribution in [0, 0.1) is 16.5 Å². The summed E-state index contributed by atoms with van der Waals surface area (Å²) in [6.45, 7) is 0. The van der Waals surface area contributed by atoms with E-state index >= 15 is 0 Å². The summed E-state index contributed by atoms with van der Waals surface area (Å²) in [7, 11) is 0. The van der Waals surface area contributed by atoms with Crippen LogP contribution in [0.5, 0.6) is 0 Å². The third kappa shape index (κ3) is 2.91. The largest absolute Gasteiger partial charge is 0.272 e. The van der Waals surface area contributed by atoms with Gasteiger partial charge in [0.25, 0.3) is 5.69 Å². The molecule has 1 radical (unpaired) electrons. The van der Waals surface area contributed by atoms with Crippen LogP contribution >= 0.6 is 0 Å². The normalized spacial score (nSPS) is 10.1. The van der Waals surface area contributed by atoms with E-state index in [1.807, 2.05) is 42.8 Å². The molecular weight excluding hydrogens is 214 g/mol. The van der Waals surface area contributed by atoms with Crippen LogP contribution in [0.4, 0.5) is 5.69 Å². The summed E-state index contributed by atoms with van der Waals surface area (Å²) >= 11 is 0. The van der Waals surface area contributed by atoms with Gasteiger partial charge >= 0.3 is 0 Å². The fourth-order valence-electron chi connectivity index (χ4n) is 1.68. The average molecular weight is 226 g/mol. The maximum atomic E-state index is 10.8. The first-order valence-corrected chi connectivity index (χ1v) is 5.38. The molecule has 3 heteroatoms. The van der Waals surface area contributed by atoms with E-state index in [2.05, 4.69) is 0 Å². The van der Waals surface area contributed by atoms with E-state index in [1.54, 1.807) is 12.1 Å². The molecule has 0 heterocycles. The lowest BCUT2D eigenvalue weighted by atomic mass is 10.0. The van der Waals surface area contributed by atoms with Gasteiger partial charge in [0.05, 0.1) is 4.92 Å². The van der Waals surface area contributed by atoms with Crippen molar-refractivity contribution >= 4 is 5.69 Å². The quantitative estimate of drug-likeness (QED) is 0.592. The maximum Gasteiger partial charge on any atom is 0.272 e. The van der Waals surface area contributed by atoms with E-state index in [0.29, 0.717) is 6.42 Å². The van der Waals surface area contributed by atoms with Crippen LogP contribution in [0.25, 0.3) is 0 Å². The monoisotopic (exact) mass is 226 g/mol. The highest BCUT2D eigenvalue weighted by atomic mass is 16.6. The van der Waals surface area contributed by atoms with E-state index < -0.39 is 0 Å². The van der Waals surface area contributed by atoms with Crippen molar-refractivity contribution in [3.05, 3.63) is 82.3 Å². The second kappa shape index (κ2) is 5.25. The number of benzene rings is 2. The van der Waals surface area contributed by atoms with Crippen molar-refractivity contribution in [3.8, 4) is 0 Å². The molecule has 0 bridgehead atoms. The molecule has 0 amide bonds. The van der Waals surface area contributed by atoms with Crippen LogP contribution < -0.4 is 0 Å². The molecule has 3 nitrogen and oxygen atoms in total. The zero-order chi connectivity index (χ0) is 12.1. The summed E-state index contributed by atoms with van der Waals surface area (Å²) in [4.78, 5) is 10.5. The summed E-state index contributed by atoms with van der Waals surface area (Å²) in [6, 6.07) is 16.6. The van der Waals surface area contributed by atoms with Gasteiger partial charge in [0.15, 0.2) is 0 Å². The standard InChI is InChI=1S/C14H12NO2/c16-15(17)14-9-5-4-8-13(14)11-10-12-6-2-1-3-7-12/h1-10H,11H2. The Bertz CT molecular complexity index is 509. The first-order chi connectivity index (χ1) is 8.27. The Morgan fingerprint density at radius 1 is 1.00 bits per heavy atom. The molecule has 0 unspecified atom stereocenters. The molecule has 0 saturated heterocycles. The molecule has 0 aromatic heterocycles. The van der Waals surface area contributed by atoms with Crippen LogP contribution in [0.2, 0.25) is 0 Å². The van der Waals surface area contributed by atoms with Gasteiger partial charge in [-0.1, -0.05) is 48.5 Å². The molecule has 0 aliphatic carbocycles. The van der Waals surface area contributed by atoms with E-state index in [1.165, 1.54) is 6.07 Å². The smallest absolute Gasteiger partial charge is 0.258 e. The number of nitrogens with zero attached hydrogens (tertiary/aromatic N) is 1. The Labute approximate surface area is 99.9 Å². The molecule has 85 valence electrons. The lowest BCUT2D eigenvalue weighted by molar-refractivity contribution is -0.385. The third-order valence-electron chi connectivity index (χ3n) is 2.55. The van der Waals surface area contributed by atoms with Gasteiger partial charge in [-0.25, -0.2) is 0 Å². The summed E-state index contributed by atoms with van der Waals surface area (Å²) < 4.78 is 0. The summed E-state index contributed by atoms with van der Waals surface area (Å²) in [5.41, 5.74) is 1.99. The number of hydrogen-bond donors (Lipinski definition) is 0. The maximum absolute atomic E-state index is 10.8. The van der Waals surface area contributed by atoms with Gasteiger partial charge in [-0.3, -0.25) is 10.1 Å². The molecule has 0 spiro atoms. The molecule has 0 aliphatic rings. The van der Waals surface area contributed by atoms with Crippen molar-refractivity contribution in [2.24, 2.45) is 0 Å². The minimum Gasteiger partial charge on any atom is -0.258 e.